The van der Waals surface area contributed by atoms with Crippen molar-refractivity contribution >= 4 is 5.91 Å². The predicted octanol–water partition coefficient (Wildman–Crippen LogP) is 0.919. The fourth-order valence-electron chi connectivity index (χ4n) is 2.51. The lowest BCUT2D eigenvalue weighted by Crippen LogP contribution is -2.42. The zero-order valence-corrected chi connectivity index (χ0v) is 10.8. The second-order valence-corrected chi connectivity index (χ2v) is 5.50. The van der Waals surface area contributed by atoms with Gasteiger partial charge in [-0.05, 0) is 44.1 Å². The maximum Gasteiger partial charge on any atom is 0.224 e. The number of rotatable bonds is 6. The highest BCUT2D eigenvalue weighted by atomic mass is 16.5. The molecule has 0 unspecified atom stereocenters. The lowest BCUT2D eigenvalue weighted by molar-refractivity contribution is -0.125. The SMILES string of the molecule is COCCC1(CNC(=O)[C@H]2CCCNC2)CC1. The monoisotopic (exact) mass is 240 g/mol. The molecule has 1 saturated carbocycles. The minimum atomic E-state index is 0.182. The summed E-state index contributed by atoms with van der Waals surface area (Å²) in [5, 5.41) is 6.41. The van der Waals surface area contributed by atoms with Gasteiger partial charge >= 0.3 is 0 Å². The number of hydrogen-bond donors (Lipinski definition) is 2. The van der Waals surface area contributed by atoms with Crippen LogP contribution >= 0.6 is 0 Å². The normalized spacial score (nSPS) is 26.5. The Kier molecular flexibility index (Phi) is 4.40. The topological polar surface area (TPSA) is 50.4 Å². The van der Waals surface area contributed by atoms with Crippen molar-refractivity contribution < 1.29 is 9.53 Å². The van der Waals surface area contributed by atoms with Gasteiger partial charge in [0, 0.05) is 26.8 Å². The first-order valence-corrected chi connectivity index (χ1v) is 6.73. The molecule has 2 fully saturated rings. The fraction of sp³-hybridized carbons (Fsp3) is 0.923. The summed E-state index contributed by atoms with van der Waals surface area (Å²) in [6.07, 6.45) is 5.70. The van der Waals surface area contributed by atoms with Gasteiger partial charge in [-0.2, -0.15) is 0 Å². The van der Waals surface area contributed by atoms with E-state index in [4.69, 9.17) is 4.74 Å². The van der Waals surface area contributed by atoms with Crippen LogP contribution in [0.2, 0.25) is 0 Å². The van der Waals surface area contributed by atoms with E-state index in [0.29, 0.717) is 5.41 Å². The van der Waals surface area contributed by atoms with E-state index >= 15 is 0 Å². The molecule has 2 N–H and O–H groups in total. The first kappa shape index (κ1) is 12.8. The van der Waals surface area contributed by atoms with Crippen molar-refractivity contribution in [1.29, 1.82) is 0 Å². The van der Waals surface area contributed by atoms with Crippen LogP contribution in [0.15, 0.2) is 0 Å². The number of amides is 1. The van der Waals surface area contributed by atoms with Crippen LogP contribution in [0.1, 0.15) is 32.1 Å². The average Bonchev–Trinajstić information content (AvgIpc) is 3.15. The summed E-state index contributed by atoms with van der Waals surface area (Å²) < 4.78 is 5.12. The van der Waals surface area contributed by atoms with E-state index in [1.54, 1.807) is 7.11 Å². The lowest BCUT2D eigenvalue weighted by Gasteiger charge is -2.23. The summed E-state index contributed by atoms with van der Waals surface area (Å²) in [5.41, 5.74) is 0.355. The third-order valence-electron chi connectivity index (χ3n) is 4.10. The minimum absolute atomic E-state index is 0.182. The van der Waals surface area contributed by atoms with E-state index < -0.39 is 0 Å². The summed E-state index contributed by atoms with van der Waals surface area (Å²) in [6.45, 7) is 3.55. The summed E-state index contributed by atoms with van der Waals surface area (Å²) in [4.78, 5) is 12.0. The van der Waals surface area contributed by atoms with Crippen LogP contribution in [0.3, 0.4) is 0 Å². The van der Waals surface area contributed by atoms with Gasteiger partial charge in [-0.3, -0.25) is 4.79 Å². The van der Waals surface area contributed by atoms with Gasteiger partial charge in [-0.25, -0.2) is 0 Å². The quantitative estimate of drug-likeness (QED) is 0.726. The van der Waals surface area contributed by atoms with E-state index in [1.807, 2.05) is 0 Å². The zero-order valence-electron chi connectivity index (χ0n) is 10.8. The van der Waals surface area contributed by atoms with Gasteiger partial charge in [0.2, 0.25) is 5.91 Å². The van der Waals surface area contributed by atoms with Crippen LogP contribution < -0.4 is 10.6 Å². The van der Waals surface area contributed by atoms with Gasteiger partial charge in [-0.1, -0.05) is 0 Å². The van der Waals surface area contributed by atoms with Crippen molar-refractivity contribution in [2.45, 2.75) is 32.1 Å². The standard InChI is InChI=1S/C13H24N2O2/c1-17-8-6-13(4-5-13)10-15-12(16)11-3-2-7-14-9-11/h11,14H,2-10H2,1H3,(H,15,16)/t11-/m0/s1. The van der Waals surface area contributed by atoms with Crippen molar-refractivity contribution in [3.8, 4) is 0 Å². The fourth-order valence-corrected chi connectivity index (χ4v) is 2.51. The Labute approximate surface area is 103 Å². The van der Waals surface area contributed by atoms with Crippen LogP contribution in [0, 0.1) is 11.3 Å². The van der Waals surface area contributed by atoms with Crippen LogP contribution in [0.25, 0.3) is 0 Å². The molecule has 1 aliphatic carbocycles. The Morgan fingerprint density at radius 3 is 2.94 bits per heavy atom. The Bertz CT molecular complexity index is 258. The molecule has 98 valence electrons. The molecule has 17 heavy (non-hydrogen) atoms. The lowest BCUT2D eigenvalue weighted by atomic mass is 9.97. The van der Waals surface area contributed by atoms with Crippen LogP contribution in [-0.4, -0.2) is 39.3 Å². The van der Waals surface area contributed by atoms with E-state index in [0.717, 1.165) is 45.5 Å². The number of nitrogens with one attached hydrogen (secondary N) is 2. The molecule has 4 heteroatoms. The minimum Gasteiger partial charge on any atom is -0.385 e. The molecule has 0 aromatic heterocycles. The molecule has 1 heterocycles. The molecule has 2 aliphatic rings. The van der Waals surface area contributed by atoms with Crippen molar-refractivity contribution in [1.82, 2.24) is 10.6 Å². The van der Waals surface area contributed by atoms with Gasteiger partial charge in [0.05, 0.1) is 5.92 Å². The largest absolute Gasteiger partial charge is 0.385 e. The summed E-state index contributed by atoms with van der Waals surface area (Å²) in [6, 6.07) is 0. The number of ether oxygens (including phenoxy) is 1. The molecule has 0 radical (unpaired) electrons. The Hall–Kier alpha value is -0.610. The van der Waals surface area contributed by atoms with Crippen molar-refractivity contribution in [3.05, 3.63) is 0 Å². The molecule has 1 amide bonds. The van der Waals surface area contributed by atoms with Gasteiger partial charge < -0.3 is 15.4 Å². The Balaban J connectivity index is 1.68. The molecule has 4 nitrogen and oxygen atoms in total. The van der Waals surface area contributed by atoms with Gasteiger partial charge in [0.15, 0.2) is 0 Å². The second-order valence-electron chi connectivity index (χ2n) is 5.50. The molecule has 0 bridgehead atoms. The van der Waals surface area contributed by atoms with E-state index in [-0.39, 0.29) is 11.8 Å². The van der Waals surface area contributed by atoms with E-state index in [9.17, 15) is 4.79 Å². The van der Waals surface area contributed by atoms with Gasteiger partial charge in [-0.15, -0.1) is 0 Å². The highest BCUT2D eigenvalue weighted by molar-refractivity contribution is 5.79. The molecule has 0 spiro atoms. The first-order chi connectivity index (χ1) is 8.26. The van der Waals surface area contributed by atoms with Crippen LogP contribution in [0.5, 0.6) is 0 Å². The van der Waals surface area contributed by atoms with E-state index in [1.165, 1.54) is 12.8 Å². The molecule has 2 rings (SSSR count). The maximum absolute atomic E-state index is 12.0. The van der Waals surface area contributed by atoms with Crippen LogP contribution in [-0.2, 0) is 9.53 Å². The molecule has 0 aromatic carbocycles. The van der Waals surface area contributed by atoms with Crippen LogP contribution in [0.4, 0.5) is 0 Å². The van der Waals surface area contributed by atoms with Gasteiger partial charge in [0.1, 0.15) is 0 Å². The van der Waals surface area contributed by atoms with Crippen molar-refractivity contribution in [2.75, 3.05) is 33.4 Å². The maximum atomic E-state index is 12.0. The third kappa shape index (κ3) is 3.68. The number of piperidine rings is 1. The smallest absolute Gasteiger partial charge is 0.224 e. The van der Waals surface area contributed by atoms with E-state index in [2.05, 4.69) is 10.6 Å². The highest BCUT2D eigenvalue weighted by Gasteiger charge is 2.42. The molecular weight excluding hydrogens is 216 g/mol. The molecule has 1 atom stereocenters. The Morgan fingerprint density at radius 1 is 1.53 bits per heavy atom. The predicted molar refractivity (Wildman–Crippen MR) is 66.8 cm³/mol. The number of methoxy groups -OCH3 is 1. The zero-order chi connectivity index (χ0) is 12.1. The van der Waals surface area contributed by atoms with Gasteiger partial charge in [0.25, 0.3) is 0 Å². The molecule has 1 saturated heterocycles. The highest BCUT2D eigenvalue weighted by Crippen LogP contribution is 2.48. The molecule has 0 aromatic rings. The summed E-state index contributed by atoms with van der Waals surface area (Å²) in [5.74, 6) is 0.419. The van der Waals surface area contributed by atoms with Crippen molar-refractivity contribution in [2.24, 2.45) is 11.3 Å². The molecule has 1 aliphatic heterocycles. The number of hydrogen-bond acceptors (Lipinski definition) is 3. The average molecular weight is 240 g/mol. The van der Waals surface area contributed by atoms with Crippen molar-refractivity contribution in [3.63, 3.8) is 0 Å². The molecular formula is C13H24N2O2. The second kappa shape index (κ2) is 5.83. The summed E-state index contributed by atoms with van der Waals surface area (Å²) in [7, 11) is 1.74. The third-order valence-corrected chi connectivity index (χ3v) is 4.10. The Morgan fingerprint density at radius 2 is 2.35 bits per heavy atom. The number of carbonyl (C=O) groups excluding carboxylic acids is 1. The number of carbonyl (C=O) groups is 1. The first-order valence-electron chi connectivity index (χ1n) is 6.73. The summed E-state index contributed by atoms with van der Waals surface area (Å²) >= 11 is 0.